The van der Waals surface area contributed by atoms with E-state index in [0.29, 0.717) is 12.5 Å². The SMILES string of the molecule is C=C1c2cc(C(=O)NCCN3CCCC3)ccc2NC(c2ccccc2)C1CCCC. The van der Waals surface area contributed by atoms with Crippen LogP contribution in [0.5, 0.6) is 0 Å². The fourth-order valence-electron chi connectivity index (χ4n) is 4.92. The van der Waals surface area contributed by atoms with Crippen LogP contribution in [0, 0.1) is 5.92 Å². The topological polar surface area (TPSA) is 44.4 Å². The lowest BCUT2D eigenvalue weighted by Gasteiger charge is -2.37. The number of hydrogen-bond donors (Lipinski definition) is 2. The normalized spacial score (nSPS) is 20.9. The molecule has 2 aliphatic heterocycles. The van der Waals surface area contributed by atoms with Crippen LogP contribution >= 0.6 is 0 Å². The molecular weight excluding hydrogens is 382 g/mol. The summed E-state index contributed by atoms with van der Waals surface area (Å²) in [6.45, 7) is 10.7. The van der Waals surface area contributed by atoms with Crippen molar-refractivity contribution in [3.63, 3.8) is 0 Å². The number of carbonyl (C=O) groups excluding carboxylic acids is 1. The summed E-state index contributed by atoms with van der Waals surface area (Å²) in [5.74, 6) is 0.327. The lowest BCUT2D eigenvalue weighted by molar-refractivity contribution is 0.0949. The molecule has 0 radical (unpaired) electrons. The Morgan fingerprint density at radius 3 is 2.68 bits per heavy atom. The largest absolute Gasteiger partial charge is 0.377 e. The highest BCUT2D eigenvalue weighted by atomic mass is 16.1. The van der Waals surface area contributed by atoms with E-state index in [2.05, 4.69) is 59.4 Å². The Morgan fingerprint density at radius 1 is 1.16 bits per heavy atom. The number of nitrogens with one attached hydrogen (secondary N) is 2. The number of likely N-dealkylation sites (tertiary alicyclic amines) is 1. The van der Waals surface area contributed by atoms with Crippen molar-refractivity contribution < 1.29 is 4.79 Å². The predicted octanol–water partition coefficient (Wildman–Crippen LogP) is 5.50. The summed E-state index contributed by atoms with van der Waals surface area (Å²) < 4.78 is 0. The van der Waals surface area contributed by atoms with E-state index in [1.165, 1.54) is 24.8 Å². The maximum Gasteiger partial charge on any atom is 0.251 e. The molecule has 0 saturated carbocycles. The van der Waals surface area contributed by atoms with Crippen LogP contribution in [0.1, 0.15) is 66.6 Å². The lowest BCUT2D eigenvalue weighted by atomic mass is 9.77. The average molecular weight is 418 g/mol. The van der Waals surface area contributed by atoms with Gasteiger partial charge in [-0.05, 0) is 61.7 Å². The van der Waals surface area contributed by atoms with Crippen LogP contribution in [-0.2, 0) is 0 Å². The molecule has 164 valence electrons. The van der Waals surface area contributed by atoms with Gasteiger partial charge in [-0.3, -0.25) is 4.79 Å². The van der Waals surface area contributed by atoms with Crippen LogP contribution in [-0.4, -0.2) is 37.0 Å². The highest BCUT2D eigenvalue weighted by Gasteiger charge is 2.32. The highest BCUT2D eigenvalue weighted by molar-refractivity contribution is 5.96. The van der Waals surface area contributed by atoms with Crippen molar-refractivity contribution in [2.24, 2.45) is 5.92 Å². The maximum absolute atomic E-state index is 12.8. The first-order valence-corrected chi connectivity index (χ1v) is 11.8. The predicted molar refractivity (Wildman–Crippen MR) is 129 cm³/mol. The number of benzene rings is 2. The van der Waals surface area contributed by atoms with Crippen molar-refractivity contribution in [2.75, 3.05) is 31.5 Å². The molecule has 2 aliphatic rings. The molecule has 2 aromatic carbocycles. The summed E-state index contributed by atoms with van der Waals surface area (Å²) in [6, 6.07) is 16.9. The Hall–Kier alpha value is -2.59. The summed E-state index contributed by atoms with van der Waals surface area (Å²) >= 11 is 0. The number of amides is 1. The molecule has 4 nitrogen and oxygen atoms in total. The summed E-state index contributed by atoms with van der Waals surface area (Å²) in [5, 5.41) is 6.85. The van der Waals surface area contributed by atoms with Crippen LogP contribution in [0.4, 0.5) is 5.69 Å². The number of unbranched alkanes of at least 4 members (excludes halogenated alkanes) is 1. The standard InChI is InChI=1S/C27H35N3O/c1-3-4-12-23-20(2)24-19-22(27(31)28-15-18-30-16-8-9-17-30)13-14-25(24)29-26(23)21-10-6-5-7-11-21/h5-7,10-11,13-14,19,23,26,29H,2-4,8-9,12,15-18H2,1H3,(H,28,31). The highest BCUT2D eigenvalue weighted by Crippen LogP contribution is 2.45. The molecule has 31 heavy (non-hydrogen) atoms. The van der Waals surface area contributed by atoms with Crippen molar-refractivity contribution in [2.45, 2.75) is 45.1 Å². The first-order valence-electron chi connectivity index (χ1n) is 11.8. The fourth-order valence-corrected chi connectivity index (χ4v) is 4.92. The molecule has 2 N–H and O–H groups in total. The summed E-state index contributed by atoms with van der Waals surface area (Å²) in [6.07, 6.45) is 5.97. The summed E-state index contributed by atoms with van der Waals surface area (Å²) in [4.78, 5) is 15.2. The average Bonchev–Trinajstić information content (AvgIpc) is 3.32. The van der Waals surface area contributed by atoms with Crippen LogP contribution < -0.4 is 10.6 Å². The molecule has 2 aromatic rings. The molecule has 2 unspecified atom stereocenters. The quantitative estimate of drug-likeness (QED) is 0.596. The summed E-state index contributed by atoms with van der Waals surface area (Å²) in [7, 11) is 0. The van der Waals surface area contributed by atoms with Crippen molar-refractivity contribution in [1.29, 1.82) is 0 Å². The molecule has 1 saturated heterocycles. The molecule has 0 spiro atoms. The van der Waals surface area contributed by atoms with Gasteiger partial charge in [-0.25, -0.2) is 0 Å². The zero-order chi connectivity index (χ0) is 21.6. The van der Waals surface area contributed by atoms with E-state index >= 15 is 0 Å². The van der Waals surface area contributed by atoms with Gasteiger partial charge in [-0.2, -0.15) is 0 Å². The minimum atomic E-state index is 0.00471. The van der Waals surface area contributed by atoms with Crippen molar-refractivity contribution >= 4 is 17.2 Å². The molecule has 2 heterocycles. The number of rotatable bonds is 8. The van der Waals surface area contributed by atoms with Crippen molar-refractivity contribution in [1.82, 2.24) is 10.2 Å². The number of hydrogen-bond acceptors (Lipinski definition) is 3. The Labute approximate surface area is 186 Å². The zero-order valence-electron chi connectivity index (χ0n) is 18.7. The second-order valence-electron chi connectivity index (χ2n) is 8.87. The number of nitrogens with zero attached hydrogens (tertiary/aromatic N) is 1. The van der Waals surface area contributed by atoms with E-state index in [1.54, 1.807) is 0 Å². The molecule has 2 atom stereocenters. The van der Waals surface area contributed by atoms with E-state index in [1.807, 2.05) is 18.2 Å². The lowest BCUT2D eigenvalue weighted by Crippen LogP contribution is -2.33. The van der Waals surface area contributed by atoms with Crippen LogP contribution in [0.25, 0.3) is 5.57 Å². The van der Waals surface area contributed by atoms with Gasteiger partial charge < -0.3 is 15.5 Å². The smallest absolute Gasteiger partial charge is 0.251 e. The first kappa shape index (κ1) is 21.6. The molecule has 1 fully saturated rings. The molecule has 1 amide bonds. The van der Waals surface area contributed by atoms with E-state index < -0.39 is 0 Å². The number of fused-ring (bicyclic) bond motifs is 1. The Morgan fingerprint density at radius 2 is 1.94 bits per heavy atom. The van der Waals surface area contributed by atoms with Crippen molar-refractivity contribution in [3.05, 3.63) is 71.8 Å². The monoisotopic (exact) mass is 417 g/mol. The third-order valence-electron chi connectivity index (χ3n) is 6.73. The van der Waals surface area contributed by atoms with E-state index in [-0.39, 0.29) is 11.9 Å². The van der Waals surface area contributed by atoms with Gasteiger partial charge in [0.05, 0.1) is 6.04 Å². The van der Waals surface area contributed by atoms with E-state index in [4.69, 9.17) is 0 Å². The molecular formula is C27H35N3O. The second-order valence-corrected chi connectivity index (χ2v) is 8.87. The van der Waals surface area contributed by atoms with Gasteiger partial charge in [0.15, 0.2) is 0 Å². The first-order chi connectivity index (χ1) is 15.2. The molecule has 0 bridgehead atoms. The second kappa shape index (κ2) is 10.1. The number of carbonyl (C=O) groups is 1. The van der Waals surface area contributed by atoms with Crippen molar-refractivity contribution in [3.8, 4) is 0 Å². The zero-order valence-corrected chi connectivity index (χ0v) is 18.7. The summed E-state index contributed by atoms with van der Waals surface area (Å²) in [5.41, 5.74) is 5.30. The van der Waals surface area contributed by atoms with Gasteiger partial charge in [0.1, 0.15) is 0 Å². The van der Waals surface area contributed by atoms with Gasteiger partial charge in [0.2, 0.25) is 0 Å². The Balaban J connectivity index is 1.50. The van der Waals surface area contributed by atoms with Gasteiger partial charge in [-0.1, -0.05) is 56.7 Å². The van der Waals surface area contributed by atoms with Crippen LogP contribution in [0.3, 0.4) is 0 Å². The molecule has 0 aliphatic carbocycles. The third-order valence-corrected chi connectivity index (χ3v) is 6.73. The molecule has 4 heteroatoms. The van der Waals surface area contributed by atoms with E-state index in [0.717, 1.165) is 54.9 Å². The van der Waals surface area contributed by atoms with Crippen LogP contribution in [0.15, 0.2) is 55.1 Å². The maximum atomic E-state index is 12.8. The minimum Gasteiger partial charge on any atom is -0.377 e. The fraction of sp³-hybridized carbons (Fsp3) is 0.444. The van der Waals surface area contributed by atoms with Gasteiger partial charge in [0, 0.05) is 35.8 Å². The van der Waals surface area contributed by atoms with E-state index in [9.17, 15) is 4.79 Å². The Bertz CT molecular complexity index is 902. The molecule has 0 aromatic heterocycles. The Kier molecular flexibility index (Phi) is 7.08. The van der Waals surface area contributed by atoms with Gasteiger partial charge in [0.25, 0.3) is 5.91 Å². The van der Waals surface area contributed by atoms with Crippen LogP contribution in [0.2, 0.25) is 0 Å². The van der Waals surface area contributed by atoms with Gasteiger partial charge in [-0.15, -0.1) is 0 Å². The minimum absolute atomic E-state index is 0.00471. The third kappa shape index (κ3) is 5.01. The molecule has 4 rings (SSSR count). The number of anilines is 1. The van der Waals surface area contributed by atoms with Gasteiger partial charge >= 0.3 is 0 Å².